The Morgan fingerprint density at radius 3 is 3.04 bits per heavy atom. The normalized spacial score (nSPS) is 15.9. The van der Waals surface area contributed by atoms with Gasteiger partial charge in [0.1, 0.15) is 10.8 Å². The second-order valence-electron chi connectivity index (χ2n) is 5.66. The lowest BCUT2D eigenvalue weighted by Gasteiger charge is -2.25. The van der Waals surface area contributed by atoms with Gasteiger partial charge >= 0.3 is 0 Å². The van der Waals surface area contributed by atoms with E-state index in [1.807, 2.05) is 11.4 Å². The molecule has 0 aromatic carbocycles. The average molecular weight is 347 g/mol. The summed E-state index contributed by atoms with van der Waals surface area (Å²) in [5, 5.41) is 3.11. The highest BCUT2D eigenvalue weighted by atomic mass is 32.1. The van der Waals surface area contributed by atoms with Gasteiger partial charge in [0.2, 0.25) is 5.91 Å². The molecule has 0 radical (unpaired) electrons. The van der Waals surface area contributed by atoms with Crippen molar-refractivity contribution in [3.8, 4) is 0 Å². The smallest absolute Gasteiger partial charge is 0.246 e. The molecule has 1 aliphatic rings. The standard InChI is InChI=1S/C17H21N3O3S/c1-19(17(21)5-4-15-3-2-8-23-15)11-14-13-24-16(18-14)12-20-6-9-22-10-7-20/h2-5,8,13H,6-7,9-12H2,1H3/b5-4+. The summed E-state index contributed by atoms with van der Waals surface area (Å²) in [6.07, 6.45) is 4.77. The summed E-state index contributed by atoms with van der Waals surface area (Å²) in [6.45, 7) is 4.83. The lowest BCUT2D eigenvalue weighted by atomic mass is 10.3. The van der Waals surface area contributed by atoms with Crippen LogP contribution < -0.4 is 0 Å². The van der Waals surface area contributed by atoms with Crippen LogP contribution in [0.1, 0.15) is 16.5 Å². The van der Waals surface area contributed by atoms with Gasteiger partial charge in [-0.1, -0.05) is 0 Å². The van der Waals surface area contributed by atoms with Crippen LogP contribution in [0.15, 0.2) is 34.3 Å². The molecule has 0 bridgehead atoms. The van der Waals surface area contributed by atoms with Crippen LogP contribution in [0.3, 0.4) is 0 Å². The number of likely N-dealkylation sites (N-methyl/N-ethyl adjacent to an activating group) is 1. The zero-order valence-corrected chi connectivity index (χ0v) is 14.5. The largest absolute Gasteiger partial charge is 0.465 e. The summed E-state index contributed by atoms with van der Waals surface area (Å²) in [5.74, 6) is 0.590. The Morgan fingerprint density at radius 2 is 2.29 bits per heavy atom. The molecule has 2 aromatic heterocycles. The average Bonchev–Trinajstić information content (AvgIpc) is 3.25. The van der Waals surface area contributed by atoms with Crippen molar-refractivity contribution in [2.75, 3.05) is 33.4 Å². The molecule has 1 saturated heterocycles. The zero-order chi connectivity index (χ0) is 16.8. The molecule has 3 rings (SSSR count). The van der Waals surface area contributed by atoms with Gasteiger partial charge in [-0.2, -0.15) is 0 Å². The predicted octanol–water partition coefficient (Wildman–Crippen LogP) is 2.24. The Bertz CT molecular complexity index is 675. The molecule has 0 aliphatic carbocycles. The third-order valence-electron chi connectivity index (χ3n) is 3.77. The van der Waals surface area contributed by atoms with Gasteiger partial charge in [-0.05, 0) is 18.2 Å². The Kier molecular flexibility index (Phi) is 5.79. The SMILES string of the molecule is CN(Cc1csc(CN2CCOCC2)n1)C(=O)/C=C/c1ccco1. The minimum Gasteiger partial charge on any atom is -0.465 e. The van der Waals surface area contributed by atoms with Gasteiger partial charge in [-0.15, -0.1) is 11.3 Å². The number of morpholine rings is 1. The molecule has 0 unspecified atom stereocenters. The van der Waals surface area contributed by atoms with Gasteiger partial charge < -0.3 is 14.1 Å². The lowest BCUT2D eigenvalue weighted by Crippen LogP contribution is -2.35. The maximum Gasteiger partial charge on any atom is 0.246 e. The molecule has 1 fully saturated rings. The third-order valence-corrected chi connectivity index (χ3v) is 4.65. The van der Waals surface area contributed by atoms with Crippen LogP contribution in [0.4, 0.5) is 0 Å². The molecule has 0 atom stereocenters. The zero-order valence-electron chi connectivity index (χ0n) is 13.7. The molecule has 128 valence electrons. The van der Waals surface area contributed by atoms with Gasteiger partial charge in [0.25, 0.3) is 0 Å². The number of rotatable bonds is 6. The van der Waals surface area contributed by atoms with E-state index in [1.165, 1.54) is 6.08 Å². The second-order valence-corrected chi connectivity index (χ2v) is 6.61. The molecule has 6 nitrogen and oxygen atoms in total. The molecular formula is C17H21N3O3S. The summed E-state index contributed by atoms with van der Waals surface area (Å²) < 4.78 is 10.5. The van der Waals surface area contributed by atoms with E-state index in [-0.39, 0.29) is 5.91 Å². The maximum absolute atomic E-state index is 12.1. The van der Waals surface area contributed by atoms with Crippen molar-refractivity contribution in [2.24, 2.45) is 0 Å². The van der Waals surface area contributed by atoms with Gasteiger partial charge in [-0.25, -0.2) is 4.98 Å². The molecule has 1 aliphatic heterocycles. The Hall–Kier alpha value is -1.96. The van der Waals surface area contributed by atoms with Crippen molar-refractivity contribution < 1.29 is 13.9 Å². The number of ether oxygens (including phenoxy) is 1. The molecule has 2 aromatic rings. The molecule has 3 heterocycles. The molecule has 0 N–H and O–H groups in total. The fourth-order valence-corrected chi connectivity index (χ4v) is 3.26. The first kappa shape index (κ1) is 16.9. The van der Waals surface area contributed by atoms with E-state index in [9.17, 15) is 4.79 Å². The van der Waals surface area contributed by atoms with Crippen molar-refractivity contribution in [2.45, 2.75) is 13.1 Å². The second kappa shape index (κ2) is 8.23. The number of nitrogens with zero attached hydrogens (tertiary/aromatic N) is 3. The van der Waals surface area contributed by atoms with Crippen LogP contribution in [0.5, 0.6) is 0 Å². The summed E-state index contributed by atoms with van der Waals surface area (Å²) in [6, 6.07) is 3.60. The maximum atomic E-state index is 12.1. The number of amides is 1. The highest BCUT2D eigenvalue weighted by Crippen LogP contribution is 2.15. The quantitative estimate of drug-likeness (QED) is 0.750. The summed E-state index contributed by atoms with van der Waals surface area (Å²) >= 11 is 1.64. The van der Waals surface area contributed by atoms with E-state index in [0.29, 0.717) is 12.3 Å². The van der Waals surface area contributed by atoms with Gasteiger partial charge in [0, 0.05) is 31.6 Å². The fourth-order valence-electron chi connectivity index (χ4n) is 2.43. The minimum absolute atomic E-state index is 0.0749. The molecular weight excluding hydrogens is 326 g/mol. The first-order valence-corrected chi connectivity index (χ1v) is 8.79. The van der Waals surface area contributed by atoms with Crippen LogP contribution in [0.2, 0.25) is 0 Å². The molecule has 0 spiro atoms. The number of carbonyl (C=O) groups is 1. The summed E-state index contributed by atoms with van der Waals surface area (Å²) in [5.41, 5.74) is 0.922. The molecule has 24 heavy (non-hydrogen) atoms. The number of hydrogen-bond acceptors (Lipinski definition) is 6. The summed E-state index contributed by atoms with van der Waals surface area (Å²) in [7, 11) is 1.77. The van der Waals surface area contributed by atoms with Crippen molar-refractivity contribution in [3.05, 3.63) is 46.3 Å². The van der Waals surface area contributed by atoms with E-state index in [1.54, 1.807) is 41.7 Å². The van der Waals surface area contributed by atoms with E-state index in [0.717, 1.165) is 43.5 Å². The molecule has 7 heteroatoms. The topological polar surface area (TPSA) is 58.8 Å². The molecule has 1 amide bonds. The highest BCUT2D eigenvalue weighted by Gasteiger charge is 2.14. The first-order chi connectivity index (χ1) is 11.7. The number of carbonyl (C=O) groups excluding carboxylic acids is 1. The Labute approximate surface area is 145 Å². The van der Waals surface area contributed by atoms with Crippen molar-refractivity contribution >= 4 is 23.3 Å². The Balaban J connectivity index is 1.50. The monoisotopic (exact) mass is 347 g/mol. The van der Waals surface area contributed by atoms with Crippen molar-refractivity contribution in [1.29, 1.82) is 0 Å². The lowest BCUT2D eigenvalue weighted by molar-refractivity contribution is -0.125. The van der Waals surface area contributed by atoms with Crippen LogP contribution in [0, 0.1) is 0 Å². The first-order valence-electron chi connectivity index (χ1n) is 7.91. The van der Waals surface area contributed by atoms with Crippen LogP contribution >= 0.6 is 11.3 Å². The van der Waals surface area contributed by atoms with E-state index in [2.05, 4.69) is 9.88 Å². The van der Waals surface area contributed by atoms with E-state index >= 15 is 0 Å². The predicted molar refractivity (Wildman–Crippen MR) is 92.4 cm³/mol. The highest BCUT2D eigenvalue weighted by molar-refractivity contribution is 7.09. The molecule has 0 saturated carbocycles. The number of thiazole rings is 1. The van der Waals surface area contributed by atoms with Crippen LogP contribution in [0.25, 0.3) is 6.08 Å². The minimum atomic E-state index is -0.0749. The van der Waals surface area contributed by atoms with E-state index < -0.39 is 0 Å². The number of furan rings is 1. The third kappa shape index (κ3) is 4.77. The van der Waals surface area contributed by atoms with Crippen molar-refractivity contribution in [3.63, 3.8) is 0 Å². The van der Waals surface area contributed by atoms with Crippen molar-refractivity contribution in [1.82, 2.24) is 14.8 Å². The van der Waals surface area contributed by atoms with E-state index in [4.69, 9.17) is 9.15 Å². The fraction of sp³-hybridized carbons (Fsp3) is 0.412. The Morgan fingerprint density at radius 1 is 1.46 bits per heavy atom. The number of aromatic nitrogens is 1. The van der Waals surface area contributed by atoms with Gasteiger partial charge in [0.05, 0.1) is 38.3 Å². The van der Waals surface area contributed by atoms with Crippen LogP contribution in [-0.4, -0.2) is 54.0 Å². The number of hydrogen-bond donors (Lipinski definition) is 0. The van der Waals surface area contributed by atoms with Crippen LogP contribution in [-0.2, 0) is 22.6 Å². The van der Waals surface area contributed by atoms with Gasteiger partial charge in [0.15, 0.2) is 0 Å². The summed E-state index contributed by atoms with van der Waals surface area (Å²) in [4.78, 5) is 20.7. The van der Waals surface area contributed by atoms with Gasteiger partial charge in [-0.3, -0.25) is 9.69 Å².